The van der Waals surface area contributed by atoms with Gasteiger partial charge in [0.2, 0.25) is 0 Å². The molecule has 1 aliphatic rings. The van der Waals surface area contributed by atoms with Crippen LogP contribution in [-0.4, -0.2) is 31.3 Å². The van der Waals surface area contributed by atoms with Crippen LogP contribution >= 0.6 is 0 Å². The van der Waals surface area contributed by atoms with E-state index in [0.717, 1.165) is 32.3 Å². The van der Waals surface area contributed by atoms with Crippen molar-refractivity contribution in [1.29, 1.82) is 0 Å². The van der Waals surface area contributed by atoms with E-state index in [1.54, 1.807) is 0 Å². The lowest BCUT2D eigenvalue weighted by molar-refractivity contribution is -0.147. The van der Waals surface area contributed by atoms with Gasteiger partial charge in [0, 0.05) is 12.1 Å². The first-order chi connectivity index (χ1) is 7.16. The zero-order chi connectivity index (χ0) is 11.1. The highest BCUT2D eigenvalue weighted by molar-refractivity contribution is 5.71. The molecule has 0 unspecified atom stereocenters. The molecule has 1 fully saturated rings. The molecule has 4 heteroatoms. The molecule has 0 heterocycles. The Labute approximate surface area is 91.1 Å². The smallest absolute Gasteiger partial charge is 0.307 e. The zero-order valence-corrected chi connectivity index (χ0v) is 9.46. The third-order valence-electron chi connectivity index (χ3n) is 2.68. The second-order valence-corrected chi connectivity index (χ2v) is 4.23. The molecule has 0 aromatic carbocycles. The fraction of sp³-hybridized carbons (Fsp3) is 0.909. The number of rotatable bonds is 7. The average molecular weight is 215 g/mol. The van der Waals surface area contributed by atoms with Crippen LogP contribution in [0.5, 0.6) is 0 Å². The minimum Gasteiger partial charge on any atom is -0.463 e. The third kappa shape index (κ3) is 4.62. The first-order valence-electron chi connectivity index (χ1n) is 5.68. The number of hydrogen-bond donors (Lipinski definition) is 1. The van der Waals surface area contributed by atoms with E-state index in [1.165, 1.54) is 0 Å². The molecular formula is C11H21NO3. The molecule has 0 atom stereocenters. The van der Waals surface area contributed by atoms with Crippen LogP contribution in [0.3, 0.4) is 0 Å². The molecule has 2 N–H and O–H groups in total. The molecular weight excluding hydrogens is 194 g/mol. The molecule has 0 amide bonds. The molecule has 0 aromatic heterocycles. The lowest BCUT2D eigenvalue weighted by Gasteiger charge is -2.37. The monoisotopic (exact) mass is 215 g/mol. The Kier molecular flexibility index (Phi) is 5.05. The molecule has 1 saturated carbocycles. The molecule has 1 aliphatic carbocycles. The quantitative estimate of drug-likeness (QED) is 0.512. The Bertz CT molecular complexity index is 202. The molecule has 0 aromatic rings. The lowest BCUT2D eigenvalue weighted by atomic mass is 9.75. The van der Waals surface area contributed by atoms with Crippen molar-refractivity contribution in [3.63, 3.8) is 0 Å². The predicted molar refractivity (Wildman–Crippen MR) is 57.5 cm³/mol. The van der Waals surface area contributed by atoms with Crippen molar-refractivity contribution in [1.82, 2.24) is 0 Å². The largest absolute Gasteiger partial charge is 0.463 e. The van der Waals surface area contributed by atoms with Gasteiger partial charge in [-0.05, 0) is 25.7 Å². The standard InChI is InChI=1S/C11H21NO3/c1-2-6-14-7-8-15-10(13)9-11(12)4-3-5-11/h2-9,12H2,1H3. The molecule has 0 aliphatic heterocycles. The van der Waals surface area contributed by atoms with Crippen molar-refractivity contribution < 1.29 is 14.3 Å². The SMILES string of the molecule is CCCOCCOC(=O)CC1(N)CCC1. The van der Waals surface area contributed by atoms with E-state index in [-0.39, 0.29) is 11.5 Å². The predicted octanol–water partition coefficient (Wildman–Crippen LogP) is 1.23. The number of carbonyl (C=O) groups excluding carboxylic acids is 1. The topological polar surface area (TPSA) is 61.5 Å². The highest BCUT2D eigenvalue weighted by Crippen LogP contribution is 2.32. The van der Waals surface area contributed by atoms with Gasteiger partial charge < -0.3 is 15.2 Å². The Morgan fingerprint density at radius 3 is 2.60 bits per heavy atom. The molecule has 4 nitrogen and oxygen atoms in total. The van der Waals surface area contributed by atoms with Crippen LogP contribution in [0, 0.1) is 0 Å². The number of nitrogens with two attached hydrogens (primary N) is 1. The van der Waals surface area contributed by atoms with Gasteiger partial charge in [0.25, 0.3) is 0 Å². The van der Waals surface area contributed by atoms with Crippen LogP contribution in [0.4, 0.5) is 0 Å². The van der Waals surface area contributed by atoms with Gasteiger partial charge in [-0.1, -0.05) is 6.92 Å². The van der Waals surface area contributed by atoms with Gasteiger partial charge in [-0.15, -0.1) is 0 Å². The van der Waals surface area contributed by atoms with Crippen molar-refractivity contribution >= 4 is 5.97 Å². The number of hydrogen-bond acceptors (Lipinski definition) is 4. The first-order valence-corrected chi connectivity index (χ1v) is 5.68. The summed E-state index contributed by atoms with van der Waals surface area (Å²) in [4.78, 5) is 11.3. The van der Waals surface area contributed by atoms with Crippen molar-refractivity contribution in [3.05, 3.63) is 0 Å². The molecule has 1 rings (SSSR count). The molecule has 0 bridgehead atoms. The van der Waals surface area contributed by atoms with E-state index >= 15 is 0 Å². The maximum atomic E-state index is 11.3. The summed E-state index contributed by atoms with van der Waals surface area (Å²) in [5.41, 5.74) is 5.65. The minimum atomic E-state index is -0.276. The highest BCUT2D eigenvalue weighted by Gasteiger charge is 2.35. The van der Waals surface area contributed by atoms with Crippen LogP contribution in [0.2, 0.25) is 0 Å². The van der Waals surface area contributed by atoms with E-state index in [1.807, 2.05) is 6.92 Å². The number of carbonyl (C=O) groups is 1. The molecule has 0 saturated heterocycles. The van der Waals surface area contributed by atoms with E-state index in [9.17, 15) is 4.79 Å². The fourth-order valence-electron chi connectivity index (χ4n) is 1.61. The van der Waals surface area contributed by atoms with Crippen LogP contribution in [-0.2, 0) is 14.3 Å². The van der Waals surface area contributed by atoms with Crippen molar-refractivity contribution in [2.75, 3.05) is 19.8 Å². The summed E-state index contributed by atoms with van der Waals surface area (Å²) in [5, 5.41) is 0. The Hall–Kier alpha value is -0.610. The minimum absolute atomic E-state index is 0.197. The maximum absolute atomic E-state index is 11.3. The van der Waals surface area contributed by atoms with Gasteiger partial charge in [-0.2, -0.15) is 0 Å². The summed E-state index contributed by atoms with van der Waals surface area (Å²) in [6, 6.07) is 0. The van der Waals surface area contributed by atoms with Crippen molar-refractivity contribution in [2.45, 2.75) is 44.6 Å². The fourth-order valence-corrected chi connectivity index (χ4v) is 1.61. The maximum Gasteiger partial charge on any atom is 0.307 e. The van der Waals surface area contributed by atoms with E-state index in [2.05, 4.69) is 0 Å². The molecule has 15 heavy (non-hydrogen) atoms. The van der Waals surface area contributed by atoms with Gasteiger partial charge >= 0.3 is 5.97 Å². The number of esters is 1. The van der Waals surface area contributed by atoms with Crippen LogP contribution < -0.4 is 5.73 Å². The van der Waals surface area contributed by atoms with Crippen molar-refractivity contribution in [3.8, 4) is 0 Å². The zero-order valence-electron chi connectivity index (χ0n) is 9.46. The second-order valence-electron chi connectivity index (χ2n) is 4.23. The van der Waals surface area contributed by atoms with E-state index < -0.39 is 0 Å². The summed E-state index contributed by atoms with van der Waals surface area (Å²) in [7, 11) is 0. The van der Waals surface area contributed by atoms with Crippen LogP contribution in [0.25, 0.3) is 0 Å². The average Bonchev–Trinajstić information content (AvgIpc) is 2.15. The Balaban J connectivity index is 1.98. The Morgan fingerprint density at radius 2 is 2.07 bits per heavy atom. The van der Waals surface area contributed by atoms with E-state index in [0.29, 0.717) is 19.6 Å². The molecule has 0 spiro atoms. The van der Waals surface area contributed by atoms with E-state index in [4.69, 9.17) is 15.2 Å². The number of ether oxygens (including phenoxy) is 2. The van der Waals surface area contributed by atoms with Crippen molar-refractivity contribution in [2.24, 2.45) is 5.73 Å². The second kappa shape index (κ2) is 6.08. The lowest BCUT2D eigenvalue weighted by Crippen LogP contribution is -2.48. The molecule has 0 radical (unpaired) electrons. The summed E-state index contributed by atoms with van der Waals surface area (Å²) in [5.74, 6) is -0.197. The van der Waals surface area contributed by atoms with Crippen LogP contribution in [0.15, 0.2) is 0 Å². The van der Waals surface area contributed by atoms with Gasteiger partial charge in [0.05, 0.1) is 13.0 Å². The Morgan fingerprint density at radius 1 is 1.33 bits per heavy atom. The molecule has 88 valence electrons. The van der Waals surface area contributed by atoms with Crippen LogP contribution in [0.1, 0.15) is 39.0 Å². The van der Waals surface area contributed by atoms with Gasteiger partial charge in [0.15, 0.2) is 0 Å². The normalized spacial score (nSPS) is 18.3. The summed E-state index contributed by atoms with van der Waals surface area (Å²) >= 11 is 0. The van der Waals surface area contributed by atoms with Gasteiger partial charge in [-0.25, -0.2) is 0 Å². The summed E-state index contributed by atoms with van der Waals surface area (Å²) in [6.07, 6.45) is 4.34. The van der Waals surface area contributed by atoms with Gasteiger partial charge in [0.1, 0.15) is 6.61 Å². The first kappa shape index (κ1) is 12.5. The summed E-state index contributed by atoms with van der Waals surface area (Å²) in [6.45, 7) is 3.59. The summed E-state index contributed by atoms with van der Waals surface area (Å²) < 4.78 is 10.2. The highest BCUT2D eigenvalue weighted by atomic mass is 16.6. The third-order valence-corrected chi connectivity index (χ3v) is 2.68. The van der Waals surface area contributed by atoms with Gasteiger partial charge in [-0.3, -0.25) is 4.79 Å².